The predicted octanol–water partition coefficient (Wildman–Crippen LogP) is 4.25. The predicted molar refractivity (Wildman–Crippen MR) is 83.0 cm³/mol. The molecule has 1 atom stereocenters. The van der Waals surface area contributed by atoms with Gasteiger partial charge in [0.15, 0.2) is 0 Å². The van der Waals surface area contributed by atoms with Crippen LogP contribution in [0.25, 0.3) is 0 Å². The second kappa shape index (κ2) is 7.84. The van der Waals surface area contributed by atoms with Crippen LogP contribution in [0.4, 0.5) is 4.39 Å². The Morgan fingerprint density at radius 2 is 1.76 bits per heavy atom. The molecule has 0 heterocycles. The van der Waals surface area contributed by atoms with Crippen LogP contribution in [0.2, 0.25) is 0 Å². The van der Waals surface area contributed by atoms with Crippen LogP contribution >= 0.6 is 11.8 Å². The Hall–Kier alpha value is -1.81. The third-order valence-electron chi connectivity index (χ3n) is 3.22. The van der Waals surface area contributed by atoms with E-state index in [9.17, 15) is 14.3 Å². The van der Waals surface area contributed by atoms with Gasteiger partial charge in [0.05, 0.1) is 5.92 Å². The van der Waals surface area contributed by atoms with Crippen molar-refractivity contribution in [2.45, 2.75) is 17.7 Å². The molecule has 0 aliphatic carbocycles. The molecule has 2 aromatic rings. The minimum atomic E-state index is -0.798. The number of hydrogen-bond donors (Lipinski definition) is 1. The standard InChI is InChI=1S/C17H17FO2S/c18-15-8-6-13(7-9-15)12-14(17(19)20)10-11-21-16-4-2-1-3-5-16/h1-9,14H,10-12H2,(H,19,20). The van der Waals surface area contributed by atoms with E-state index in [4.69, 9.17) is 0 Å². The number of aliphatic carboxylic acids is 1. The Bertz CT molecular complexity index is 569. The maximum absolute atomic E-state index is 12.9. The van der Waals surface area contributed by atoms with E-state index in [0.717, 1.165) is 16.2 Å². The van der Waals surface area contributed by atoms with Gasteiger partial charge in [-0.3, -0.25) is 4.79 Å². The van der Waals surface area contributed by atoms with Crippen molar-refractivity contribution in [3.05, 3.63) is 66.0 Å². The highest BCUT2D eigenvalue weighted by atomic mass is 32.2. The molecule has 0 aliphatic rings. The van der Waals surface area contributed by atoms with Crippen molar-refractivity contribution < 1.29 is 14.3 Å². The summed E-state index contributed by atoms with van der Waals surface area (Å²) in [4.78, 5) is 12.5. The Balaban J connectivity index is 1.87. The summed E-state index contributed by atoms with van der Waals surface area (Å²) >= 11 is 1.66. The first-order valence-electron chi connectivity index (χ1n) is 6.80. The third-order valence-corrected chi connectivity index (χ3v) is 4.27. The van der Waals surface area contributed by atoms with Gasteiger partial charge in [0.25, 0.3) is 0 Å². The van der Waals surface area contributed by atoms with Gasteiger partial charge in [0, 0.05) is 4.90 Å². The molecule has 0 aromatic heterocycles. The molecule has 0 aliphatic heterocycles. The molecule has 2 nitrogen and oxygen atoms in total. The first-order chi connectivity index (χ1) is 10.1. The average molecular weight is 304 g/mol. The second-order valence-corrected chi connectivity index (χ2v) is 5.98. The normalized spacial score (nSPS) is 12.0. The molecular weight excluding hydrogens is 287 g/mol. The number of carboxylic acids is 1. The van der Waals surface area contributed by atoms with Gasteiger partial charge in [-0.2, -0.15) is 0 Å². The molecule has 0 bridgehead atoms. The molecule has 0 saturated heterocycles. The summed E-state index contributed by atoms with van der Waals surface area (Å²) < 4.78 is 12.9. The lowest BCUT2D eigenvalue weighted by molar-refractivity contribution is -0.141. The fourth-order valence-electron chi connectivity index (χ4n) is 2.05. The van der Waals surface area contributed by atoms with Crippen molar-refractivity contribution in [2.75, 3.05) is 5.75 Å². The molecule has 1 N–H and O–H groups in total. The van der Waals surface area contributed by atoms with Crippen LogP contribution in [-0.2, 0) is 11.2 Å². The average Bonchev–Trinajstić information content (AvgIpc) is 2.49. The van der Waals surface area contributed by atoms with Gasteiger partial charge in [-0.15, -0.1) is 11.8 Å². The number of halogens is 1. The Morgan fingerprint density at radius 1 is 1.10 bits per heavy atom. The van der Waals surface area contributed by atoms with E-state index in [1.807, 2.05) is 30.3 Å². The first kappa shape index (κ1) is 15.6. The second-order valence-electron chi connectivity index (χ2n) is 4.82. The molecule has 0 spiro atoms. The van der Waals surface area contributed by atoms with Crippen molar-refractivity contribution >= 4 is 17.7 Å². The van der Waals surface area contributed by atoms with E-state index in [0.29, 0.717) is 12.8 Å². The minimum absolute atomic E-state index is 0.301. The molecule has 0 radical (unpaired) electrons. The molecule has 21 heavy (non-hydrogen) atoms. The lowest BCUT2D eigenvalue weighted by Crippen LogP contribution is -2.17. The zero-order chi connectivity index (χ0) is 15.1. The summed E-state index contributed by atoms with van der Waals surface area (Å²) in [7, 11) is 0. The zero-order valence-electron chi connectivity index (χ0n) is 11.5. The summed E-state index contributed by atoms with van der Waals surface area (Å²) in [5.41, 5.74) is 0.855. The summed E-state index contributed by atoms with van der Waals surface area (Å²) in [6.07, 6.45) is 1.03. The monoisotopic (exact) mass is 304 g/mol. The Labute approximate surface area is 128 Å². The molecule has 0 fully saturated rings. The smallest absolute Gasteiger partial charge is 0.306 e. The molecule has 110 valence electrons. The topological polar surface area (TPSA) is 37.3 Å². The number of rotatable bonds is 7. The lowest BCUT2D eigenvalue weighted by atomic mass is 9.97. The van der Waals surface area contributed by atoms with Crippen molar-refractivity contribution in [3.63, 3.8) is 0 Å². The van der Waals surface area contributed by atoms with E-state index in [-0.39, 0.29) is 5.82 Å². The molecule has 1 unspecified atom stereocenters. The van der Waals surface area contributed by atoms with Crippen LogP contribution in [0.5, 0.6) is 0 Å². The van der Waals surface area contributed by atoms with Gasteiger partial charge in [-0.1, -0.05) is 30.3 Å². The molecular formula is C17H17FO2S. The first-order valence-corrected chi connectivity index (χ1v) is 7.79. The molecule has 2 rings (SSSR count). The summed E-state index contributed by atoms with van der Waals surface area (Å²) in [5, 5.41) is 9.30. The van der Waals surface area contributed by atoms with E-state index in [2.05, 4.69) is 0 Å². The van der Waals surface area contributed by atoms with Crippen molar-refractivity contribution in [3.8, 4) is 0 Å². The SMILES string of the molecule is O=C(O)C(CCSc1ccccc1)Cc1ccc(F)cc1. The van der Waals surface area contributed by atoms with E-state index in [1.54, 1.807) is 23.9 Å². The summed E-state index contributed by atoms with van der Waals surface area (Å²) in [6.45, 7) is 0. The fraction of sp³-hybridized carbons (Fsp3) is 0.235. The molecule has 2 aromatic carbocycles. The van der Waals surface area contributed by atoms with Gasteiger partial charge in [-0.25, -0.2) is 4.39 Å². The van der Waals surface area contributed by atoms with Crippen LogP contribution in [0.15, 0.2) is 59.5 Å². The van der Waals surface area contributed by atoms with Gasteiger partial charge in [-0.05, 0) is 48.4 Å². The largest absolute Gasteiger partial charge is 0.481 e. The van der Waals surface area contributed by atoms with Crippen LogP contribution in [0.1, 0.15) is 12.0 Å². The van der Waals surface area contributed by atoms with Crippen molar-refractivity contribution in [2.24, 2.45) is 5.92 Å². The van der Waals surface area contributed by atoms with Gasteiger partial charge in [0.1, 0.15) is 5.82 Å². The summed E-state index contributed by atoms with van der Waals surface area (Å²) in [5.74, 6) is -0.785. The molecule has 0 saturated carbocycles. The van der Waals surface area contributed by atoms with E-state index < -0.39 is 11.9 Å². The van der Waals surface area contributed by atoms with Crippen LogP contribution in [0, 0.1) is 11.7 Å². The number of carboxylic acid groups (broad SMARTS) is 1. The Kier molecular flexibility index (Phi) is 5.81. The maximum Gasteiger partial charge on any atom is 0.306 e. The third kappa shape index (κ3) is 5.23. The van der Waals surface area contributed by atoms with Crippen molar-refractivity contribution in [1.29, 1.82) is 0 Å². The highest BCUT2D eigenvalue weighted by Gasteiger charge is 2.17. The van der Waals surface area contributed by atoms with Gasteiger partial charge >= 0.3 is 5.97 Å². The van der Waals surface area contributed by atoms with Crippen molar-refractivity contribution in [1.82, 2.24) is 0 Å². The van der Waals surface area contributed by atoms with Crippen LogP contribution < -0.4 is 0 Å². The number of hydrogen-bond acceptors (Lipinski definition) is 2. The molecule has 4 heteroatoms. The number of benzene rings is 2. The van der Waals surface area contributed by atoms with E-state index in [1.165, 1.54) is 12.1 Å². The number of carbonyl (C=O) groups is 1. The van der Waals surface area contributed by atoms with E-state index >= 15 is 0 Å². The fourth-order valence-corrected chi connectivity index (χ4v) is 3.04. The van der Waals surface area contributed by atoms with Gasteiger partial charge in [0.2, 0.25) is 0 Å². The molecule has 0 amide bonds. The minimum Gasteiger partial charge on any atom is -0.481 e. The van der Waals surface area contributed by atoms with Crippen LogP contribution in [-0.4, -0.2) is 16.8 Å². The summed E-state index contributed by atoms with van der Waals surface area (Å²) in [6, 6.07) is 16.0. The highest BCUT2D eigenvalue weighted by molar-refractivity contribution is 7.99. The zero-order valence-corrected chi connectivity index (χ0v) is 12.4. The van der Waals surface area contributed by atoms with Crippen LogP contribution in [0.3, 0.4) is 0 Å². The highest BCUT2D eigenvalue weighted by Crippen LogP contribution is 2.22. The Morgan fingerprint density at radius 3 is 2.38 bits per heavy atom. The quantitative estimate of drug-likeness (QED) is 0.777. The lowest BCUT2D eigenvalue weighted by Gasteiger charge is -2.12. The van der Waals surface area contributed by atoms with Gasteiger partial charge < -0.3 is 5.11 Å². The number of thioether (sulfide) groups is 1. The maximum atomic E-state index is 12.9.